The standard InChI is InChI=1S/C11H16N4O2S2/c1-4-15(5-2)10-12-7(6-16-3)8(19-10)9-13-14-11(18)17-9/h4-6H2,1-3H3,(H,14,18). The van der Waals surface area contributed by atoms with Crippen LogP contribution in [0, 0.1) is 4.84 Å². The summed E-state index contributed by atoms with van der Waals surface area (Å²) < 4.78 is 10.5. The van der Waals surface area contributed by atoms with Crippen LogP contribution in [0.5, 0.6) is 0 Å². The first-order chi connectivity index (χ1) is 9.19. The summed E-state index contributed by atoms with van der Waals surface area (Å²) in [4.78, 5) is 7.89. The normalized spacial score (nSPS) is 10.9. The summed E-state index contributed by atoms with van der Waals surface area (Å²) in [5.41, 5.74) is 0.819. The molecule has 0 aliphatic rings. The van der Waals surface area contributed by atoms with Crippen LogP contribution < -0.4 is 4.90 Å². The highest BCUT2D eigenvalue weighted by Crippen LogP contribution is 2.34. The molecule has 0 saturated carbocycles. The molecule has 2 aromatic rings. The Kier molecular flexibility index (Phi) is 4.67. The molecule has 0 fully saturated rings. The molecule has 8 heteroatoms. The maximum atomic E-state index is 5.36. The van der Waals surface area contributed by atoms with Crippen LogP contribution in [0.1, 0.15) is 19.5 Å². The Bertz CT molecular complexity index is 586. The predicted octanol–water partition coefficient (Wildman–Crippen LogP) is 2.85. The van der Waals surface area contributed by atoms with E-state index in [2.05, 4.69) is 33.9 Å². The average molecular weight is 300 g/mol. The van der Waals surface area contributed by atoms with Crippen LogP contribution >= 0.6 is 23.6 Å². The Balaban J connectivity index is 2.43. The molecule has 2 heterocycles. The van der Waals surface area contributed by atoms with E-state index in [4.69, 9.17) is 21.4 Å². The van der Waals surface area contributed by atoms with Crippen LogP contribution in [0.2, 0.25) is 0 Å². The van der Waals surface area contributed by atoms with Crippen LogP contribution in [0.15, 0.2) is 4.42 Å². The maximum absolute atomic E-state index is 5.36. The maximum Gasteiger partial charge on any atom is 0.284 e. The SMILES string of the molecule is CCN(CC)c1nc(COC)c(-c2n[nH]c(=S)o2)s1. The highest BCUT2D eigenvalue weighted by Gasteiger charge is 2.19. The zero-order chi connectivity index (χ0) is 13.8. The van der Waals surface area contributed by atoms with Gasteiger partial charge in [-0.15, -0.1) is 5.10 Å². The number of H-pyrrole nitrogens is 1. The lowest BCUT2D eigenvalue weighted by Crippen LogP contribution is -2.21. The highest BCUT2D eigenvalue weighted by molar-refractivity contribution is 7.71. The van der Waals surface area contributed by atoms with Crippen molar-refractivity contribution in [3.8, 4) is 10.8 Å². The van der Waals surface area contributed by atoms with Crippen LogP contribution in [0.3, 0.4) is 0 Å². The third-order valence-corrected chi connectivity index (χ3v) is 3.95. The number of hydrogen-bond donors (Lipinski definition) is 1. The molecular formula is C11H16N4O2S2. The van der Waals surface area contributed by atoms with E-state index in [0.717, 1.165) is 28.8 Å². The van der Waals surface area contributed by atoms with Gasteiger partial charge in [-0.05, 0) is 26.1 Å². The van der Waals surface area contributed by atoms with Gasteiger partial charge >= 0.3 is 0 Å². The number of aromatic nitrogens is 3. The third-order valence-electron chi connectivity index (χ3n) is 2.63. The monoisotopic (exact) mass is 300 g/mol. The van der Waals surface area contributed by atoms with Crippen molar-refractivity contribution in [3.63, 3.8) is 0 Å². The van der Waals surface area contributed by atoms with Crippen molar-refractivity contribution >= 4 is 28.7 Å². The predicted molar refractivity (Wildman–Crippen MR) is 77.1 cm³/mol. The fraction of sp³-hybridized carbons (Fsp3) is 0.545. The average Bonchev–Trinajstić information content (AvgIpc) is 2.98. The van der Waals surface area contributed by atoms with Crippen molar-refractivity contribution in [3.05, 3.63) is 10.5 Å². The van der Waals surface area contributed by atoms with E-state index in [1.165, 1.54) is 11.3 Å². The summed E-state index contributed by atoms with van der Waals surface area (Å²) in [6.07, 6.45) is 0. The summed E-state index contributed by atoms with van der Waals surface area (Å²) in [6, 6.07) is 0. The van der Waals surface area contributed by atoms with Gasteiger partial charge in [0.05, 0.1) is 12.3 Å². The Morgan fingerprint density at radius 3 is 2.68 bits per heavy atom. The van der Waals surface area contributed by atoms with Crippen LogP contribution in [0.25, 0.3) is 10.8 Å². The first-order valence-corrected chi connectivity index (χ1v) is 7.21. The number of ether oxygens (including phenoxy) is 1. The minimum Gasteiger partial charge on any atom is -0.408 e. The van der Waals surface area contributed by atoms with Crippen LogP contribution in [-0.4, -0.2) is 35.4 Å². The molecule has 0 aromatic carbocycles. The van der Waals surface area contributed by atoms with Crippen molar-refractivity contribution in [1.29, 1.82) is 0 Å². The van der Waals surface area contributed by atoms with Gasteiger partial charge in [-0.25, -0.2) is 10.1 Å². The van der Waals surface area contributed by atoms with Gasteiger partial charge in [0.2, 0.25) is 0 Å². The minimum absolute atomic E-state index is 0.260. The second-order valence-electron chi connectivity index (χ2n) is 3.80. The molecule has 0 atom stereocenters. The first kappa shape index (κ1) is 14.2. The number of nitrogens with zero attached hydrogens (tertiary/aromatic N) is 3. The number of rotatable bonds is 6. The van der Waals surface area contributed by atoms with E-state index in [0.29, 0.717) is 12.5 Å². The number of anilines is 1. The lowest BCUT2D eigenvalue weighted by atomic mass is 10.4. The molecule has 0 aliphatic heterocycles. The summed E-state index contributed by atoms with van der Waals surface area (Å²) in [5.74, 6) is 0.466. The number of hydrogen-bond acceptors (Lipinski definition) is 7. The summed E-state index contributed by atoms with van der Waals surface area (Å²) in [5, 5.41) is 7.62. The number of nitrogens with one attached hydrogen (secondary N) is 1. The molecule has 2 aromatic heterocycles. The van der Waals surface area contributed by atoms with Crippen molar-refractivity contribution in [2.45, 2.75) is 20.5 Å². The van der Waals surface area contributed by atoms with Crippen LogP contribution in [-0.2, 0) is 11.3 Å². The smallest absolute Gasteiger partial charge is 0.284 e. The van der Waals surface area contributed by atoms with Gasteiger partial charge in [-0.3, -0.25) is 0 Å². The van der Waals surface area contributed by atoms with E-state index >= 15 is 0 Å². The highest BCUT2D eigenvalue weighted by atomic mass is 32.1. The van der Waals surface area contributed by atoms with Gasteiger partial charge < -0.3 is 14.1 Å². The molecule has 1 N–H and O–H groups in total. The molecule has 0 bridgehead atoms. The zero-order valence-corrected chi connectivity index (χ0v) is 12.7. The van der Waals surface area contributed by atoms with Gasteiger partial charge in [0, 0.05) is 20.2 Å². The van der Waals surface area contributed by atoms with E-state index < -0.39 is 0 Å². The third kappa shape index (κ3) is 3.02. The molecule has 6 nitrogen and oxygen atoms in total. The van der Waals surface area contributed by atoms with Crippen molar-refractivity contribution in [2.24, 2.45) is 0 Å². The minimum atomic E-state index is 0.260. The van der Waals surface area contributed by atoms with Gasteiger partial charge in [0.1, 0.15) is 4.88 Å². The molecule has 104 valence electrons. The van der Waals surface area contributed by atoms with Gasteiger partial charge in [-0.1, -0.05) is 11.3 Å². The van der Waals surface area contributed by atoms with Gasteiger partial charge in [0.25, 0.3) is 10.7 Å². The molecule has 0 radical (unpaired) electrons. The van der Waals surface area contributed by atoms with Crippen LogP contribution in [0.4, 0.5) is 5.13 Å². The molecule has 19 heavy (non-hydrogen) atoms. The molecule has 0 unspecified atom stereocenters. The second-order valence-corrected chi connectivity index (χ2v) is 5.14. The van der Waals surface area contributed by atoms with E-state index in [-0.39, 0.29) is 4.84 Å². The Morgan fingerprint density at radius 2 is 2.16 bits per heavy atom. The van der Waals surface area contributed by atoms with Gasteiger partial charge in [0.15, 0.2) is 5.13 Å². The summed E-state index contributed by atoms with van der Waals surface area (Å²) in [6.45, 7) is 6.42. The molecule has 0 amide bonds. The molecule has 0 aliphatic carbocycles. The molecular weight excluding hydrogens is 284 g/mol. The summed E-state index contributed by atoms with van der Waals surface area (Å²) in [7, 11) is 1.64. The zero-order valence-electron chi connectivity index (χ0n) is 11.1. The molecule has 0 saturated heterocycles. The quantitative estimate of drug-likeness (QED) is 0.827. The Labute approximate surface area is 120 Å². The fourth-order valence-electron chi connectivity index (χ4n) is 1.70. The number of methoxy groups -OCH3 is 1. The van der Waals surface area contributed by atoms with Gasteiger partial charge in [-0.2, -0.15) is 0 Å². The second kappa shape index (κ2) is 6.27. The largest absolute Gasteiger partial charge is 0.408 e. The van der Waals surface area contributed by atoms with E-state index in [1.807, 2.05) is 0 Å². The fourth-order valence-corrected chi connectivity index (χ4v) is 2.94. The lowest BCUT2D eigenvalue weighted by molar-refractivity contribution is 0.182. The van der Waals surface area contributed by atoms with Crippen molar-refractivity contribution in [2.75, 3.05) is 25.1 Å². The number of aromatic amines is 1. The molecule has 2 rings (SSSR count). The first-order valence-electron chi connectivity index (χ1n) is 5.99. The summed E-state index contributed by atoms with van der Waals surface area (Å²) >= 11 is 6.44. The lowest BCUT2D eigenvalue weighted by Gasteiger charge is -2.16. The number of thiazole rings is 1. The Morgan fingerprint density at radius 1 is 1.42 bits per heavy atom. The van der Waals surface area contributed by atoms with Crippen molar-refractivity contribution in [1.82, 2.24) is 15.2 Å². The molecule has 0 spiro atoms. The van der Waals surface area contributed by atoms with Crippen molar-refractivity contribution < 1.29 is 9.15 Å². The Hall–Kier alpha value is -1.25. The van der Waals surface area contributed by atoms with E-state index in [1.54, 1.807) is 7.11 Å². The van der Waals surface area contributed by atoms with E-state index in [9.17, 15) is 0 Å². The topological polar surface area (TPSA) is 67.2 Å².